The molecular weight excluding hydrogens is 364 g/mol. The Morgan fingerprint density at radius 2 is 1.43 bits per heavy atom. The number of hydrogen-bond donors (Lipinski definition) is 1. The van der Waals surface area contributed by atoms with Gasteiger partial charge in [-0.15, -0.1) is 0 Å². The maximum atomic E-state index is 13.6. The summed E-state index contributed by atoms with van der Waals surface area (Å²) in [5.41, 5.74) is 0.846. The number of hydrogen-bond acceptors (Lipinski definition) is 3. The summed E-state index contributed by atoms with van der Waals surface area (Å²) in [5, 5.41) is 2.46. The fourth-order valence-corrected chi connectivity index (χ4v) is 2.51. The molecule has 142 valence electrons. The zero-order valence-electron chi connectivity index (χ0n) is 15.0. The molecule has 4 nitrogen and oxygen atoms in total. The molecule has 1 atom stereocenters. The molecule has 3 aromatic rings. The molecule has 0 radical (unpaired) electrons. The highest BCUT2D eigenvalue weighted by Gasteiger charge is 2.17. The molecule has 0 saturated heterocycles. The standard InChI is InChI=1S/C22H17F2NO3/c1-14(22(27)25-20-5-3-2-4-19(20)24)28-18-12-8-16(9-13-18)21(26)15-6-10-17(23)11-7-15/h2-14H,1H3,(H,25,27)/t14-/m1/s1. The van der Waals surface area contributed by atoms with Gasteiger partial charge >= 0.3 is 0 Å². The number of nitrogens with one attached hydrogen (secondary N) is 1. The molecule has 28 heavy (non-hydrogen) atoms. The van der Waals surface area contributed by atoms with Crippen LogP contribution in [0.5, 0.6) is 5.75 Å². The number of para-hydroxylation sites is 1. The molecule has 0 spiro atoms. The van der Waals surface area contributed by atoms with Gasteiger partial charge in [0.25, 0.3) is 5.91 Å². The lowest BCUT2D eigenvalue weighted by molar-refractivity contribution is -0.122. The van der Waals surface area contributed by atoms with Crippen molar-refractivity contribution in [1.82, 2.24) is 0 Å². The van der Waals surface area contributed by atoms with E-state index in [0.717, 1.165) is 0 Å². The molecule has 0 aliphatic heterocycles. The van der Waals surface area contributed by atoms with Crippen LogP contribution in [0.4, 0.5) is 14.5 Å². The molecule has 0 heterocycles. The van der Waals surface area contributed by atoms with Crippen molar-refractivity contribution < 1.29 is 23.1 Å². The van der Waals surface area contributed by atoms with E-state index in [9.17, 15) is 18.4 Å². The van der Waals surface area contributed by atoms with Crippen molar-refractivity contribution in [3.63, 3.8) is 0 Å². The topological polar surface area (TPSA) is 55.4 Å². The maximum absolute atomic E-state index is 13.6. The van der Waals surface area contributed by atoms with E-state index >= 15 is 0 Å². The van der Waals surface area contributed by atoms with Crippen LogP contribution in [0.1, 0.15) is 22.8 Å². The number of halogens is 2. The zero-order valence-corrected chi connectivity index (χ0v) is 15.0. The van der Waals surface area contributed by atoms with E-state index in [4.69, 9.17) is 4.74 Å². The minimum atomic E-state index is -0.877. The molecule has 0 aliphatic carbocycles. The number of anilines is 1. The number of ether oxygens (including phenoxy) is 1. The summed E-state index contributed by atoms with van der Waals surface area (Å²) in [7, 11) is 0. The monoisotopic (exact) mass is 381 g/mol. The maximum Gasteiger partial charge on any atom is 0.265 e. The largest absolute Gasteiger partial charge is 0.481 e. The van der Waals surface area contributed by atoms with E-state index in [1.807, 2.05) is 0 Å². The second kappa shape index (κ2) is 8.43. The second-order valence-corrected chi connectivity index (χ2v) is 6.09. The van der Waals surface area contributed by atoms with Gasteiger partial charge in [-0.1, -0.05) is 12.1 Å². The third-order valence-corrected chi connectivity index (χ3v) is 4.04. The molecule has 0 unspecified atom stereocenters. The molecule has 0 bridgehead atoms. The number of carbonyl (C=O) groups excluding carboxylic acids is 2. The Hall–Kier alpha value is -3.54. The summed E-state index contributed by atoms with van der Waals surface area (Å²) in [6.07, 6.45) is -0.877. The summed E-state index contributed by atoms with van der Waals surface area (Å²) in [6.45, 7) is 1.54. The Balaban J connectivity index is 1.63. The summed E-state index contributed by atoms with van der Waals surface area (Å²) in [5.74, 6) is -1.32. The van der Waals surface area contributed by atoms with E-state index in [2.05, 4.69) is 5.32 Å². The van der Waals surface area contributed by atoms with Gasteiger partial charge in [-0.25, -0.2) is 8.78 Å². The van der Waals surface area contributed by atoms with Crippen molar-refractivity contribution in [2.75, 3.05) is 5.32 Å². The fourth-order valence-electron chi connectivity index (χ4n) is 2.51. The van der Waals surface area contributed by atoms with Gasteiger partial charge in [0.15, 0.2) is 11.9 Å². The minimum Gasteiger partial charge on any atom is -0.481 e. The highest BCUT2D eigenvalue weighted by atomic mass is 19.1. The predicted molar refractivity (Wildman–Crippen MR) is 101 cm³/mol. The molecule has 3 aromatic carbocycles. The van der Waals surface area contributed by atoms with Crippen LogP contribution >= 0.6 is 0 Å². The summed E-state index contributed by atoms with van der Waals surface area (Å²) in [6, 6.07) is 17.3. The van der Waals surface area contributed by atoms with Crippen LogP contribution in [0.3, 0.4) is 0 Å². The van der Waals surface area contributed by atoms with Crippen LogP contribution < -0.4 is 10.1 Å². The van der Waals surface area contributed by atoms with Crippen LogP contribution in [0, 0.1) is 11.6 Å². The van der Waals surface area contributed by atoms with Gasteiger partial charge in [0.2, 0.25) is 0 Å². The van der Waals surface area contributed by atoms with Crippen LogP contribution in [0.25, 0.3) is 0 Å². The van der Waals surface area contributed by atoms with Crippen LogP contribution in [0.2, 0.25) is 0 Å². The van der Waals surface area contributed by atoms with E-state index < -0.39 is 23.6 Å². The van der Waals surface area contributed by atoms with Crippen molar-refractivity contribution in [3.05, 3.63) is 95.6 Å². The van der Waals surface area contributed by atoms with Gasteiger partial charge in [-0.3, -0.25) is 9.59 Å². The molecular formula is C22H17F2NO3. The van der Waals surface area contributed by atoms with E-state index in [1.54, 1.807) is 30.3 Å². The van der Waals surface area contributed by atoms with Gasteiger partial charge in [-0.2, -0.15) is 0 Å². The smallest absolute Gasteiger partial charge is 0.265 e. The van der Waals surface area contributed by atoms with Crippen molar-refractivity contribution in [1.29, 1.82) is 0 Å². The number of benzene rings is 3. The summed E-state index contributed by atoms with van der Waals surface area (Å²) in [4.78, 5) is 24.5. The first-order chi connectivity index (χ1) is 13.4. The molecule has 0 fully saturated rings. The Morgan fingerprint density at radius 3 is 2.04 bits per heavy atom. The highest BCUT2D eigenvalue weighted by molar-refractivity contribution is 6.09. The normalized spacial score (nSPS) is 11.5. The number of carbonyl (C=O) groups is 2. The van der Waals surface area contributed by atoms with Gasteiger partial charge in [0.05, 0.1) is 5.69 Å². The minimum absolute atomic E-state index is 0.0724. The molecule has 1 amide bonds. The van der Waals surface area contributed by atoms with Crippen LogP contribution in [0.15, 0.2) is 72.8 Å². The first-order valence-electron chi connectivity index (χ1n) is 8.56. The quantitative estimate of drug-likeness (QED) is 0.635. The number of ketones is 1. The molecule has 0 aromatic heterocycles. The van der Waals surface area contributed by atoms with Crippen molar-refractivity contribution in [3.8, 4) is 5.75 Å². The van der Waals surface area contributed by atoms with Crippen molar-refractivity contribution in [2.24, 2.45) is 0 Å². The third kappa shape index (κ3) is 4.59. The van der Waals surface area contributed by atoms with Crippen LogP contribution in [-0.2, 0) is 4.79 Å². The van der Waals surface area contributed by atoms with Gasteiger partial charge < -0.3 is 10.1 Å². The average molecular weight is 381 g/mol. The Labute approximate surface area is 160 Å². The Kier molecular flexibility index (Phi) is 5.79. The Bertz CT molecular complexity index is 985. The number of rotatable bonds is 6. The van der Waals surface area contributed by atoms with Gasteiger partial charge in [-0.05, 0) is 67.6 Å². The Morgan fingerprint density at radius 1 is 0.857 bits per heavy atom. The van der Waals surface area contributed by atoms with E-state index in [1.165, 1.54) is 49.4 Å². The first kappa shape index (κ1) is 19.2. The highest BCUT2D eigenvalue weighted by Crippen LogP contribution is 2.18. The van der Waals surface area contributed by atoms with E-state index in [0.29, 0.717) is 16.9 Å². The molecule has 3 rings (SSSR count). The molecule has 1 N–H and O–H groups in total. The summed E-state index contributed by atoms with van der Waals surface area (Å²) < 4.78 is 32.1. The average Bonchev–Trinajstić information content (AvgIpc) is 2.70. The number of amides is 1. The van der Waals surface area contributed by atoms with Gasteiger partial charge in [0.1, 0.15) is 17.4 Å². The van der Waals surface area contributed by atoms with Crippen LogP contribution in [-0.4, -0.2) is 17.8 Å². The predicted octanol–water partition coefficient (Wildman–Crippen LogP) is 4.60. The SMILES string of the molecule is C[C@@H](Oc1ccc(C(=O)c2ccc(F)cc2)cc1)C(=O)Nc1ccccc1F. The lowest BCUT2D eigenvalue weighted by Crippen LogP contribution is -2.30. The first-order valence-corrected chi connectivity index (χ1v) is 8.56. The van der Waals surface area contributed by atoms with E-state index in [-0.39, 0.29) is 11.5 Å². The lowest BCUT2D eigenvalue weighted by atomic mass is 10.0. The van der Waals surface area contributed by atoms with Crippen molar-refractivity contribution in [2.45, 2.75) is 13.0 Å². The third-order valence-electron chi connectivity index (χ3n) is 4.04. The fraction of sp³-hybridized carbons (Fsp3) is 0.0909. The molecule has 0 aliphatic rings. The second-order valence-electron chi connectivity index (χ2n) is 6.09. The molecule has 6 heteroatoms. The lowest BCUT2D eigenvalue weighted by Gasteiger charge is -2.15. The summed E-state index contributed by atoms with van der Waals surface area (Å²) >= 11 is 0. The van der Waals surface area contributed by atoms with Crippen molar-refractivity contribution >= 4 is 17.4 Å². The molecule has 0 saturated carbocycles. The zero-order chi connectivity index (χ0) is 20.1. The van der Waals surface area contributed by atoms with Gasteiger partial charge in [0, 0.05) is 11.1 Å².